The molecular weight excluding hydrogens is 750 g/mol. The summed E-state index contributed by atoms with van der Waals surface area (Å²) in [5.74, 6) is -0.648. The molecule has 1 aliphatic rings. The van der Waals surface area contributed by atoms with E-state index in [0.29, 0.717) is 37.9 Å². The van der Waals surface area contributed by atoms with Gasteiger partial charge in [-0.2, -0.15) is 0 Å². The first-order chi connectivity index (χ1) is 26.6. The van der Waals surface area contributed by atoms with Gasteiger partial charge < -0.3 is 55.0 Å². The van der Waals surface area contributed by atoms with Crippen molar-refractivity contribution < 1.29 is 58.2 Å². The second kappa shape index (κ2) is 23.3. The van der Waals surface area contributed by atoms with Crippen LogP contribution in [0.5, 0.6) is 11.5 Å². The average molecular weight is 808 g/mol. The van der Waals surface area contributed by atoms with Gasteiger partial charge in [-0.1, -0.05) is 43.0 Å². The van der Waals surface area contributed by atoms with E-state index in [-0.39, 0.29) is 46.5 Å². The molecule has 16 heteroatoms. The molecule has 1 aliphatic heterocycles. The molecule has 15 nitrogen and oxygen atoms in total. The predicted octanol–water partition coefficient (Wildman–Crippen LogP) is 4.41. The van der Waals surface area contributed by atoms with Crippen molar-refractivity contribution in [2.45, 2.75) is 128 Å². The minimum Gasteiger partial charge on any atom is -0.496 e. The molecule has 0 unspecified atom stereocenters. The summed E-state index contributed by atoms with van der Waals surface area (Å²) in [5.41, 5.74) is 0.899. The van der Waals surface area contributed by atoms with Crippen molar-refractivity contribution in [3.63, 3.8) is 0 Å². The number of amides is 3. The molecule has 3 amide bonds. The molecule has 2 aromatic rings. The number of aliphatic hydroxyl groups excluding tert-OH is 3. The van der Waals surface area contributed by atoms with Crippen LogP contribution in [-0.2, 0) is 35.2 Å². The fourth-order valence-corrected chi connectivity index (χ4v) is 6.20. The molecule has 6 N–H and O–H groups in total. The van der Waals surface area contributed by atoms with E-state index in [2.05, 4.69) is 16.0 Å². The summed E-state index contributed by atoms with van der Waals surface area (Å²) in [7, 11) is 2.67. The standard InChI is InChI=1S/C40H58ClN3O12/c1-40(2,3)56-34(48)18-11-8-12-19-42-32(46)16-9-6-7-10-17-33(47)43-26-15-13-14-25(20-26)24-54-30-22-29(52-4)27(21-28(30)41)38(51)44-35-37(50)36(49)31(23-45)55-39(35)53-5/h13-15,20-22,31,35-37,39,45,49-50H,6-12,16-19,23-24H2,1-5H3,(H,42,46)(H,43,47)(H,44,51)/t31-,35-,36-,37-,39+/m1/s1. The van der Waals surface area contributed by atoms with Gasteiger partial charge in [0.1, 0.15) is 48.1 Å². The molecule has 5 atom stereocenters. The molecule has 0 spiro atoms. The Hall–Kier alpha value is -3.99. The molecule has 1 heterocycles. The zero-order valence-electron chi connectivity index (χ0n) is 32.9. The third-order valence-corrected chi connectivity index (χ3v) is 9.17. The number of esters is 1. The van der Waals surface area contributed by atoms with Crippen molar-refractivity contribution in [3.05, 3.63) is 52.5 Å². The van der Waals surface area contributed by atoms with Gasteiger partial charge in [0.05, 0.1) is 24.3 Å². The largest absolute Gasteiger partial charge is 0.496 e. The van der Waals surface area contributed by atoms with Gasteiger partial charge in [-0.05, 0) is 70.2 Å². The first-order valence-corrected chi connectivity index (χ1v) is 19.4. The van der Waals surface area contributed by atoms with E-state index in [1.807, 2.05) is 26.8 Å². The molecule has 1 fully saturated rings. The zero-order chi connectivity index (χ0) is 41.3. The monoisotopic (exact) mass is 807 g/mol. The summed E-state index contributed by atoms with van der Waals surface area (Å²) in [6, 6.07) is 8.80. The lowest BCUT2D eigenvalue weighted by atomic mass is 9.96. The molecule has 0 bridgehead atoms. The quantitative estimate of drug-likeness (QED) is 0.0722. The van der Waals surface area contributed by atoms with Gasteiger partial charge in [0.25, 0.3) is 5.91 Å². The maximum Gasteiger partial charge on any atom is 0.306 e. The van der Waals surface area contributed by atoms with Gasteiger partial charge in [0.2, 0.25) is 11.8 Å². The Bertz CT molecular complexity index is 1580. The fraction of sp³-hybridized carbons (Fsp3) is 0.600. The maximum atomic E-state index is 13.3. The van der Waals surface area contributed by atoms with Crippen molar-refractivity contribution in [2.24, 2.45) is 0 Å². The van der Waals surface area contributed by atoms with E-state index in [1.165, 1.54) is 26.4 Å². The van der Waals surface area contributed by atoms with Crippen LogP contribution in [0.25, 0.3) is 0 Å². The van der Waals surface area contributed by atoms with Crippen LogP contribution >= 0.6 is 11.6 Å². The van der Waals surface area contributed by atoms with Gasteiger partial charge in [0.15, 0.2) is 6.29 Å². The second-order valence-corrected chi connectivity index (χ2v) is 15.0. The fourth-order valence-electron chi connectivity index (χ4n) is 5.99. The number of anilines is 1. The van der Waals surface area contributed by atoms with Crippen LogP contribution in [0, 0.1) is 0 Å². The molecule has 312 valence electrons. The number of hydrogen-bond donors (Lipinski definition) is 6. The minimum atomic E-state index is -1.50. The highest BCUT2D eigenvalue weighted by Gasteiger charge is 2.45. The second-order valence-electron chi connectivity index (χ2n) is 14.6. The van der Waals surface area contributed by atoms with Crippen LogP contribution in [-0.4, -0.2) is 103 Å². The van der Waals surface area contributed by atoms with Crippen LogP contribution in [0.3, 0.4) is 0 Å². The van der Waals surface area contributed by atoms with Gasteiger partial charge in [0, 0.05) is 44.7 Å². The van der Waals surface area contributed by atoms with Gasteiger partial charge in [-0.15, -0.1) is 0 Å². The molecule has 1 saturated heterocycles. The number of methoxy groups -OCH3 is 2. The predicted molar refractivity (Wildman–Crippen MR) is 208 cm³/mol. The van der Waals surface area contributed by atoms with Crippen molar-refractivity contribution in [1.82, 2.24) is 10.6 Å². The summed E-state index contributed by atoms with van der Waals surface area (Å²) >= 11 is 6.49. The topological polar surface area (TPSA) is 211 Å². The number of benzene rings is 2. The molecule has 3 rings (SSSR count). The van der Waals surface area contributed by atoms with Crippen molar-refractivity contribution in [3.8, 4) is 11.5 Å². The first kappa shape index (κ1) is 46.4. The van der Waals surface area contributed by atoms with Crippen molar-refractivity contribution in [2.75, 3.05) is 32.7 Å². The Morgan fingerprint density at radius 3 is 2.20 bits per heavy atom. The number of nitrogens with one attached hydrogen (secondary N) is 3. The number of ether oxygens (including phenoxy) is 5. The van der Waals surface area contributed by atoms with Crippen LogP contribution in [0.15, 0.2) is 36.4 Å². The SMILES string of the molecule is COc1cc(OCc2cccc(NC(=O)CCCCCCC(=O)NCCCCCC(=O)OC(C)(C)C)c2)c(Cl)cc1C(=O)N[C@H]1[C@@H](OC)O[C@H](CO)[C@@H](O)[C@@H]1O. The average Bonchev–Trinajstić information content (AvgIpc) is 3.15. The van der Waals surface area contributed by atoms with Gasteiger partial charge in [-0.3, -0.25) is 19.2 Å². The molecule has 2 aromatic carbocycles. The number of carbonyl (C=O) groups excluding carboxylic acids is 4. The number of unbranched alkanes of at least 4 members (excludes halogenated alkanes) is 5. The highest BCUT2D eigenvalue weighted by Crippen LogP contribution is 2.34. The van der Waals surface area contributed by atoms with Crippen LogP contribution in [0.4, 0.5) is 5.69 Å². The van der Waals surface area contributed by atoms with Crippen LogP contribution < -0.4 is 25.4 Å². The van der Waals surface area contributed by atoms with E-state index in [4.69, 9.17) is 35.3 Å². The Balaban J connectivity index is 1.37. The summed E-state index contributed by atoms with van der Waals surface area (Å²) < 4.78 is 27.3. The van der Waals surface area contributed by atoms with Crippen molar-refractivity contribution >= 4 is 41.0 Å². The van der Waals surface area contributed by atoms with Gasteiger partial charge >= 0.3 is 5.97 Å². The Morgan fingerprint density at radius 2 is 1.54 bits per heavy atom. The summed E-state index contributed by atoms with van der Waals surface area (Å²) in [5, 5.41) is 38.8. The Morgan fingerprint density at radius 1 is 0.857 bits per heavy atom. The molecule has 0 saturated carbocycles. The third kappa shape index (κ3) is 15.5. The van der Waals surface area contributed by atoms with E-state index >= 15 is 0 Å². The molecule has 56 heavy (non-hydrogen) atoms. The van der Waals surface area contributed by atoms with Gasteiger partial charge in [-0.25, -0.2) is 0 Å². The van der Waals surface area contributed by atoms with E-state index < -0.39 is 48.8 Å². The lowest BCUT2D eigenvalue weighted by molar-refractivity contribution is -0.261. The number of halogens is 1. The lowest BCUT2D eigenvalue weighted by Gasteiger charge is -2.41. The molecular formula is C40H58ClN3O12. The van der Waals surface area contributed by atoms with Crippen molar-refractivity contribution in [1.29, 1.82) is 0 Å². The highest BCUT2D eigenvalue weighted by molar-refractivity contribution is 6.32. The molecule has 0 aliphatic carbocycles. The molecule has 0 aromatic heterocycles. The number of hydrogen-bond acceptors (Lipinski definition) is 12. The summed E-state index contributed by atoms with van der Waals surface area (Å²) in [6.07, 6.45) is 1.42. The normalized spacial score (nSPS) is 19.5. The summed E-state index contributed by atoms with van der Waals surface area (Å²) in [6.45, 7) is 5.65. The highest BCUT2D eigenvalue weighted by atomic mass is 35.5. The van der Waals surface area contributed by atoms with E-state index in [1.54, 1.807) is 18.2 Å². The first-order valence-electron chi connectivity index (χ1n) is 19.0. The zero-order valence-corrected chi connectivity index (χ0v) is 33.7. The Kier molecular flexibility index (Phi) is 19.3. The number of rotatable bonds is 22. The maximum absolute atomic E-state index is 13.3. The van der Waals surface area contributed by atoms with Crippen LogP contribution in [0.1, 0.15) is 101 Å². The van der Waals surface area contributed by atoms with E-state index in [9.17, 15) is 34.5 Å². The summed E-state index contributed by atoms with van der Waals surface area (Å²) in [4.78, 5) is 49.7. The third-order valence-electron chi connectivity index (χ3n) is 8.87. The number of carbonyl (C=O) groups is 4. The lowest BCUT2D eigenvalue weighted by Crippen LogP contribution is -2.64. The van der Waals surface area contributed by atoms with E-state index in [0.717, 1.165) is 44.1 Å². The number of aliphatic hydroxyl groups is 3. The van der Waals surface area contributed by atoms with Crippen LogP contribution in [0.2, 0.25) is 5.02 Å². The smallest absolute Gasteiger partial charge is 0.306 e. The molecule has 0 radical (unpaired) electrons. The minimum absolute atomic E-state index is 0.00812. The Labute approximate surface area is 333 Å².